The van der Waals surface area contributed by atoms with Gasteiger partial charge in [0.15, 0.2) is 0 Å². The number of carboxylic acids is 1. The number of ether oxygens (including phenoxy) is 1. The molecule has 2 rings (SSSR count). The first-order chi connectivity index (χ1) is 9.91. The first-order valence-electron chi connectivity index (χ1n) is 5.98. The van der Waals surface area contributed by atoms with E-state index in [0.29, 0.717) is 0 Å². The van der Waals surface area contributed by atoms with E-state index < -0.39 is 17.7 Å². The molecular formula is C15H12O6. The third-order valence-corrected chi connectivity index (χ3v) is 2.94. The highest BCUT2D eigenvalue weighted by molar-refractivity contribution is 5.95. The van der Waals surface area contributed by atoms with Gasteiger partial charge in [0.05, 0.1) is 0 Å². The number of carbonyl (C=O) groups excluding carboxylic acids is 1. The van der Waals surface area contributed by atoms with Crippen LogP contribution in [0.25, 0.3) is 0 Å². The second-order valence-corrected chi connectivity index (χ2v) is 4.30. The number of phenolic OH excluding ortho intramolecular Hbond substituents is 1. The Morgan fingerprint density at radius 3 is 2.29 bits per heavy atom. The highest BCUT2D eigenvalue weighted by Crippen LogP contribution is 2.31. The van der Waals surface area contributed by atoms with Crippen LogP contribution < -0.4 is 4.74 Å². The van der Waals surface area contributed by atoms with Crippen LogP contribution in [0.4, 0.5) is 0 Å². The number of rotatable bonds is 3. The first-order valence-corrected chi connectivity index (χ1v) is 5.98. The lowest BCUT2D eigenvalue weighted by Crippen LogP contribution is -2.10. The van der Waals surface area contributed by atoms with Crippen LogP contribution in [0.1, 0.15) is 26.3 Å². The summed E-state index contributed by atoms with van der Waals surface area (Å²) in [6.45, 7) is 1.43. The Kier molecular flexibility index (Phi) is 3.80. The predicted octanol–water partition coefficient (Wildman–Crippen LogP) is 2.32. The van der Waals surface area contributed by atoms with Crippen LogP contribution in [0.15, 0.2) is 36.4 Å². The van der Waals surface area contributed by atoms with Gasteiger partial charge < -0.3 is 20.1 Å². The number of aromatic hydroxyl groups is 2. The molecule has 0 heterocycles. The van der Waals surface area contributed by atoms with Crippen molar-refractivity contribution in [3.05, 3.63) is 53.1 Å². The molecular weight excluding hydrogens is 276 g/mol. The fourth-order valence-corrected chi connectivity index (χ4v) is 1.77. The maximum absolute atomic E-state index is 11.9. The molecule has 108 valence electrons. The third kappa shape index (κ3) is 2.79. The molecule has 0 aliphatic rings. The van der Waals surface area contributed by atoms with Crippen molar-refractivity contribution in [2.75, 3.05) is 0 Å². The number of para-hydroxylation sites is 1. The van der Waals surface area contributed by atoms with Gasteiger partial charge in [0.25, 0.3) is 0 Å². The molecule has 0 bridgehead atoms. The van der Waals surface area contributed by atoms with Crippen LogP contribution in [0.2, 0.25) is 0 Å². The molecule has 3 N–H and O–H groups in total. The quantitative estimate of drug-likeness (QED) is 0.591. The van der Waals surface area contributed by atoms with Crippen molar-refractivity contribution in [3.8, 4) is 17.2 Å². The van der Waals surface area contributed by atoms with Crippen molar-refractivity contribution < 1.29 is 29.6 Å². The Balaban J connectivity index is 2.33. The van der Waals surface area contributed by atoms with Crippen molar-refractivity contribution >= 4 is 11.9 Å². The van der Waals surface area contributed by atoms with Gasteiger partial charge in [-0.15, -0.1) is 0 Å². The van der Waals surface area contributed by atoms with Crippen molar-refractivity contribution in [2.45, 2.75) is 6.92 Å². The molecule has 0 amide bonds. The molecule has 0 aliphatic carbocycles. The molecule has 21 heavy (non-hydrogen) atoms. The summed E-state index contributed by atoms with van der Waals surface area (Å²) in [4.78, 5) is 22.8. The van der Waals surface area contributed by atoms with Crippen LogP contribution in [-0.4, -0.2) is 27.3 Å². The molecule has 6 nitrogen and oxygen atoms in total. The molecule has 0 fully saturated rings. The van der Waals surface area contributed by atoms with Crippen LogP contribution in [0, 0.1) is 6.92 Å². The number of esters is 1. The van der Waals surface area contributed by atoms with E-state index in [1.165, 1.54) is 25.1 Å². The second-order valence-electron chi connectivity index (χ2n) is 4.30. The molecule has 0 aliphatic heterocycles. The monoisotopic (exact) mass is 288 g/mol. The van der Waals surface area contributed by atoms with Crippen LogP contribution in [-0.2, 0) is 0 Å². The fourth-order valence-electron chi connectivity index (χ4n) is 1.77. The van der Waals surface area contributed by atoms with E-state index in [0.717, 1.165) is 6.07 Å². The number of aromatic carboxylic acids is 1. The van der Waals surface area contributed by atoms with Gasteiger partial charge in [0, 0.05) is 5.56 Å². The maximum atomic E-state index is 11.9. The zero-order valence-electron chi connectivity index (χ0n) is 11.0. The summed E-state index contributed by atoms with van der Waals surface area (Å²) in [6.07, 6.45) is 0. The Labute approximate surface area is 119 Å². The molecule has 2 aromatic rings. The van der Waals surface area contributed by atoms with Gasteiger partial charge in [-0.1, -0.05) is 12.1 Å². The average Bonchev–Trinajstić information content (AvgIpc) is 2.44. The third-order valence-electron chi connectivity index (χ3n) is 2.94. The van der Waals surface area contributed by atoms with Crippen LogP contribution in [0.3, 0.4) is 0 Å². The van der Waals surface area contributed by atoms with E-state index in [-0.39, 0.29) is 28.2 Å². The number of carbonyl (C=O) groups is 2. The molecule has 0 radical (unpaired) electrons. The Morgan fingerprint density at radius 2 is 1.67 bits per heavy atom. The maximum Gasteiger partial charge on any atom is 0.347 e. The normalized spacial score (nSPS) is 10.1. The predicted molar refractivity (Wildman–Crippen MR) is 72.9 cm³/mol. The molecule has 0 spiro atoms. The number of carboxylic acid groups (broad SMARTS) is 1. The lowest BCUT2D eigenvalue weighted by atomic mass is 10.1. The first kappa shape index (κ1) is 14.4. The minimum atomic E-state index is -1.28. The molecule has 2 aromatic carbocycles. The summed E-state index contributed by atoms with van der Waals surface area (Å²) >= 11 is 0. The van der Waals surface area contributed by atoms with E-state index in [9.17, 15) is 19.8 Å². The standard InChI is InChI=1S/C15H12O6/c1-8-12(7-6-10(13(8)17)14(18)19)21-15(20)9-4-2-3-5-11(9)16/h2-7,16-17H,1H3,(H,18,19). The van der Waals surface area contributed by atoms with Crippen LogP contribution >= 0.6 is 0 Å². The second kappa shape index (κ2) is 5.54. The van der Waals surface area contributed by atoms with Gasteiger partial charge >= 0.3 is 11.9 Å². The summed E-state index contributed by atoms with van der Waals surface area (Å²) in [7, 11) is 0. The Bertz CT molecular complexity index is 720. The summed E-state index contributed by atoms with van der Waals surface area (Å²) in [5, 5.41) is 28.2. The van der Waals surface area contributed by atoms with E-state index in [1.54, 1.807) is 12.1 Å². The van der Waals surface area contributed by atoms with Gasteiger partial charge in [0.1, 0.15) is 28.4 Å². The van der Waals surface area contributed by atoms with E-state index in [4.69, 9.17) is 9.84 Å². The minimum absolute atomic E-state index is 0.0192. The van der Waals surface area contributed by atoms with Crippen molar-refractivity contribution in [2.24, 2.45) is 0 Å². The number of hydrogen-bond acceptors (Lipinski definition) is 5. The highest BCUT2D eigenvalue weighted by atomic mass is 16.5. The summed E-state index contributed by atoms with van der Waals surface area (Å²) in [5.74, 6) is -2.77. The number of benzene rings is 2. The van der Waals surface area contributed by atoms with E-state index in [2.05, 4.69) is 0 Å². The number of phenols is 2. The van der Waals surface area contributed by atoms with Crippen molar-refractivity contribution in [1.82, 2.24) is 0 Å². The average molecular weight is 288 g/mol. The van der Waals surface area contributed by atoms with Gasteiger partial charge in [-0.3, -0.25) is 0 Å². The highest BCUT2D eigenvalue weighted by Gasteiger charge is 2.18. The van der Waals surface area contributed by atoms with Crippen LogP contribution in [0.5, 0.6) is 17.2 Å². The summed E-state index contributed by atoms with van der Waals surface area (Å²) < 4.78 is 5.08. The smallest absolute Gasteiger partial charge is 0.347 e. The SMILES string of the molecule is Cc1c(OC(=O)c2ccccc2O)ccc(C(=O)O)c1O. The van der Waals surface area contributed by atoms with Gasteiger partial charge in [0.2, 0.25) is 0 Å². The lowest BCUT2D eigenvalue weighted by molar-refractivity contribution is 0.0693. The molecule has 0 unspecified atom stereocenters. The molecule has 0 atom stereocenters. The van der Waals surface area contributed by atoms with Gasteiger partial charge in [-0.2, -0.15) is 0 Å². The van der Waals surface area contributed by atoms with Gasteiger partial charge in [-0.25, -0.2) is 9.59 Å². The topological polar surface area (TPSA) is 104 Å². The largest absolute Gasteiger partial charge is 0.507 e. The Morgan fingerprint density at radius 1 is 1.00 bits per heavy atom. The Hall–Kier alpha value is -3.02. The minimum Gasteiger partial charge on any atom is -0.507 e. The molecule has 6 heteroatoms. The molecule has 0 aromatic heterocycles. The zero-order valence-corrected chi connectivity index (χ0v) is 11.0. The number of hydrogen-bond donors (Lipinski definition) is 3. The van der Waals surface area contributed by atoms with E-state index in [1.807, 2.05) is 0 Å². The van der Waals surface area contributed by atoms with Gasteiger partial charge in [-0.05, 0) is 31.2 Å². The van der Waals surface area contributed by atoms with Crippen molar-refractivity contribution in [3.63, 3.8) is 0 Å². The summed E-state index contributed by atoms with van der Waals surface area (Å²) in [5.41, 5.74) is -0.188. The fraction of sp³-hybridized carbons (Fsp3) is 0.0667. The molecule has 0 saturated carbocycles. The molecule has 0 saturated heterocycles. The lowest BCUT2D eigenvalue weighted by Gasteiger charge is -2.10. The van der Waals surface area contributed by atoms with E-state index >= 15 is 0 Å². The summed E-state index contributed by atoms with van der Waals surface area (Å²) in [6, 6.07) is 8.26. The van der Waals surface area contributed by atoms with Crippen molar-refractivity contribution in [1.29, 1.82) is 0 Å². The zero-order chi connectivity index (χ0) is 15.6.